The molecule has 0 saturated heterocycles. The van der Waals surface area contributed by atoms with E-state index in [2.05, 4.69) is 35.4 Å². The lowest BCUT2D eigenvalue weighted by Gasteiger charge is -2.42. The lowest BCUT2D eigenvalue weighted by atomic mass is 9.69. The number of nitrogens with zero attached hydrogens (tertiary/aromatic N) is 4. The normalized spacial score (nSPS) is 18.7. The Morgan fingerprint density at radius 2 is 1.97 bits per heavy atom. The zero-order valence-corrected chi connectivity index (χ0v) is 24.5. The Kier molecular flexibility index (Phi) is 7.37. The molecule has 1 aliphatic heterocycles. The standard InChI is InChI=1S/C28H28N6O2S3/c1-15-5-7-17(8-6-15)31-21(36)14-38-27-33-32-26(39-27)34-19-11-28(3,4)12-20(35)23(19)22(18(13-29)25(34)30)24-16(2)9-10-37-24/h5-10,22H,11-12,14,30H2,1-4H3,(H,31,36). The van der Waals surface area contributed by atoms with Crippen LogP contribution >= 0.6 is 34.4 Å². The maximum Gasteiger partial charge on any atom is 0.234 e. The predicted molar refractivity (Wildman–Crippen MR) is 157 cm³/mol. The Morgan fingerprint density at radius 3 is 2.64 bits per heavy atom. The molecule has 0 spiro atoms. The highest BCUT2D eigenvalue weighted by atomic mass is 32.2. The van der Waals surface area contributed by atoms with Gasteiger partial charge in [-0.3, -0.25) is 14.5 Å². The number of carbonyl (C=O) groups excluding carboxylic acids is 2. The van der Waals surface area contributed by atoms with E-state index in [4.69, 9.17) is 5.73 Å². The molecular formula is C28H28N6O2S3. The van der Waals surface area contributed by atoms with Crippen molar-refractivity contribution < 1.29 is 9.59 Å². The number of rotatable bonds is 6. The molecule has 0 bridgehead atoms. The van der Waals surface area contributed by atoms with E-state index in [9.17, 15) is 14.9 Å². The monoisotopic (exact) mass is 576 g/mol. The molecule has 5 rings (SSSR count). The van der Waals surface area contributed by atoms with Gasteiger partial charge in [-0.1, -0.05) is 54.6 Å². The van der Waals surface area contributed by atoms with Crippen LogP contribution in [-0.4, -0.2) is 27.6 Å². The summed E-state index contributed by atoms with van der Waals surface area (Å²) in [6, 6.07) is 11.9. The van der Waals surface area contributed by atoms with Gasteiger partial charge in [0.15, 0.2) is 10.1 Å². The van der Waals surface area contributed by atoms with E-state index in [0.717, 1.165) is 27.4 Å². The zero-order valence-electron chi connectivity index (χ0n) is 22.1. The number of aryl methyl sites for hydroxylation is 2. The summed E-state index contributed by atoms with van der Waals surface area (Å²) in [4.78, 5) is 28.8. The molecular weight excluding hydrogens is 549 g/mol. The summed E-state index contributed by atoms with van der Waals surface area (Å²) in [5.41, 5.74) is 11.0. The van der Waals surface area contributed by atoms with Gasteiger partial charge in [-0.25, -0.2) is 0 Å². The molecule has 1 atom stereocenters. The third-order valence-corrected chi connectivity index (χ3v) is 9.92. The minimum Gasteiger partial charge on any atom is -0.384 e. The fraction of sp³-hybridized carbons (Fsp3) is 0.321. The quantitative estimate of drug-likeness (QED) is 0.348. The molecule has 1 unspecified atom stereocenters. The summed E-state index contributed by atoms with van der Waals surface area (Å²) < 4.78 is 0.593. The smallest absolute Gasteiger partial charge is 0.234 e. The van der Waals surface area contributed by atoms with Crippen LogP contribution in [0.2, 0.25) is 0 Å². The number of carbonyl (C=O) groups is 2. The van der Waals surface area contributed by atoms with Crippen LogP contribution in [0.4, 0.5) is 10.8 Å². The Balaban J connectivity index is 1.45. The number of thiophene rings is 1. The minimum atomic E-state index is -0.489. The van der Waals surface area contributed by atoms with E-state index in [1.54, 1.807) is 4.90 Å². The van der Waals surface area contributed by atoms with Gasteiger partial charge in [-0.2, -0.15) is 5.26 Å². The fourth-order valence-corrected chi connectivity index (χ4v) is 7.71. The van der Waals surface area contributed by atoms with Gasteiger partial charge in [0, 0.05) is 28.3 Å². The number of hydrogen-bond acceptors (Lipinski definition) is 10. The Labute approximate surface area is 239 Å². The van der Waals surface area contributed by atoms with Crippen molar-refractivity contribution in [3.8, 4) is 6.07 Å². The molecule has 2 aliphatic rings. The second-order valence-corrected chi connectivity index (χ2v) is 13.6. The molecule has 1 amide bonds. The van der Waals surface area contributed by atoms with Crippen molar-refractivity contribution in [2.75, 3.05) is 16.0 Å². The van der Waals surface area contributed by atoms with Crippen molar-refractivity contribution in [2.24, 2.45) is 11.1 Å². The fourth-order valence-electron chi connectivity index (χ4n) is 4.98. The summed E-state index contributed by atoms with van der Waals surface area (Å²) in [5.74, 6) is -0.183. The molecule has 3 heterocycles. The molecule has 0 fully saturated rings. The van der Waals surface area contributed by atoms with Crippen molar-refractivity contribution in [3.63, 3.8) is 0 Å². The van der Waals surface area contributed by atoms with Gasteiger partial charge in [-0.05, 0) is 54.8 Å². The van der Waals surface area contributed by atoms with Crippen LogP contribution in [-0.2, 0) is 9.59 Å². The largest absolute Gasteiger partial charge is 0.384 e. The third kappa shape index (κ3) is 5.37. The highest BCUT2D eigenvalue weighted by Gasteiger charge is 2.46. The van der Waals surface area contributed by atoms with Gasteiger partial charge in [-0.15, -0.1) is 21.5 Å². The van der Waals surface area contributed by atoms with Gasteiger partial charge >= 0.3 is 0 Å². The van der Waals surface area contributed by atoms with Crippen molar-refractivity contribution in [3.05, 3.63) is 74.4 Å². The molecule has 2 aromatic heterocycles. The summed E-state index contributed by atoms with van der Waals surface area (Å²) >= 11 is 4.10. The molecule has 1 aliphatic carbocycles. The number of benzene rings is 1. The molecule has 3 N–H and O–H groups in total. The van der Waals surface area contributed by atoms with E-state index in [1.165, 1.54) is 34.4 Å². The zero-order chi connectivity index (χ0) is 27.9. The van der Waals surface area contributed by atoms with Crippen LogP contribution in [0.1, 0.15) is 48.6 Å². The topological polar surface area (TPSA) is 125 Å². The number of anilines is 2. The molecule has 3 aromatic rings. The molecule has 0 radical (unpaired) electrons. The summed E-state index contributed by atoms with van der Waals surface area (Å²) in [6.07, 6.45) is 1.00. The molecule has 0 saturated carbocycles. The average Bonchev–Trinajstić information content (AvgIpc) is 3.51. The number of ketones is 1. The maximum absolute atomic E-state index is 13.6. The first-order chi connectivity index (χ1) is 18.6. The number of amides is 1. The molecule has 200 valence electrons. The van der Waals surface area contributed by atoms with Crippen molar-refractivity contribution in [1.82, 2.24) is 10.2 Å². The number of nitriles is 1. The van der Waals surface area contributed by atoms with Crippen LogP contribution in [0.3, 0.4) is 0 Å². The van der Waals surface area contributed by atoms with E-state index >= 15 is 0 Å². The van der Waals surface area contributed by atoms with Crippen LogP contribution in [0.15, 0.2) is 62.7 Å². The predicted octanol–water partition coefficient (Wildman–Crippen LogP) is 5.89. The lowest BCUT2D eigenvalue weighted by molar-refractivity contribution is -0.118. The summed E-state index contributed by atoms with van der Waals surface area (Å²) in [6.45, 7) is 8.10. The van der Waals surface area contributed by atoms with E-state index in [0.29, 0.717) is 33.5 Å². The van der Waals surface area contributed by atoms with Crippen LogP contribution < -0.4 is 16.0 Å². The van der Waals surface area contributed by atoms with Crippen molar-refractivity contribution >= 4 is 56.9 Å². The van der Waals surface area contributed by atoms with Gasteiger partial charge in [0.2, 0.25) is 11.0 Å². The van der Waals surface area contributed by atoms with Crippen LogP contribution in [0.5, 0.6) is 0 Å². The van der Waals surface area contributed by atoms with E-state index < -0.39 is 5.92 Å². The molecule has 8 nitrogen and oxygen atoms in total. The van der Waals surface area contributed by atoms with Gasteiger partial charge in [0.05, 0.1) is 23.3 Å². The molecule has 39 heavy (non-hydrogen) atoms. The number of thioether (sulfide) groups is 1. The number of hydrogen-bond donors (Lipinski definition) is 2. The van der Waals surface area contributed by atoms with Crippen LogP contribution in [0, 0.1) is 30.6 Å². The summed E-state index contributed by atoms with van der Waals surface area (Å²) in [5, 5.41) is 24.2. The Hall–Kier alpha value is -3.46. The first-order valence-electron chi connectivity index (χ1n) is 12.4. The number of Topliss-reactive ketones (excluding diaryl/α,β-unsaturated/α-hetero) is 1. The lowest BCUT2D eigenvalue weighted by Crippen LogP contribution is -2.42. The first kappa shape index (κ1) is 27.1. The second-order valence-electron chi connectivity index (χ2n) is 10.5. The highest BCUT2D eigenvalue weighted by Crippen LogP contribution is 2.51. The highest BCUT2D eigenvalue weighted by molar-refractivity contribution is 8.01. The first-order valence-corrected chi connectivity index (χ1v) is 15.1. The van der Waals surface area contributed by atoms with E-state index in [1.807, 2.05) is 49.6 Å². The Morgan fingerprint density at radius 1 is 1.23 bits per heavy atom. The molecule has 1 aromatic carbocycles. The van der Waals surface area contributed by atoms with Gasteiger partial charge < -0.3 is 11.1 Å². The number of nitrogens with one attached hydrogen (secondary N) is 1. The van der Waals surface area contributed by atoms with Gasteiger partial charge in [0.25, 0.3) is 0 Å². The molecule has 11 heteroatoms. The average molecular weight is 577 g/mol. The number of aromatic nitrogens is 2. The Bertz CT molecular complexity index is 1560. The van der Waals surface area contributed by atoms with Crippen LogP contribution in [0.25, 0.3) is 0 Å². The van der Waals surface area contributed by atoms with E-state index in [-0.39, 0.29) is 28.7 Å². The van der Waals surface area contributed by atoms with Crippen molar-refractivity contribution in [1.29, 1.82) is 5.26 Å². The van der Waals surface area contributed by atoms with Crippen molar-refractivity contribution in [2.45, 2.75) is 50.8 Å². The minimum absolute atomic E-state index is 0.0243. The van der Waals surface area contributed by atoms with Gasteiger partial charge in [0.1, 0.15) is 5.82 Å². The summed E-state index contributed by atoms with van der Waals surface area (Å²) in [7, 11) is 0. The number of allylic oxidation sites excluding steroid dienone is 3. The maximum atomic E-state index is 13.6. The number of nitrogens with two attached hydrogens (primary N) is 1. The third-order valence-electron chi connectivity index (χ3n) is 6.79. The second kappa shape index (κ2) is 10.6. The SMILES string of the molecule is Cc1ccc(NC(=O)CSc2nnc(N3C(N)=C(C#N)C(c4sccc4C)C4=C3CC(C)(C)CC4=O)s2)cc1.